The molecule has 0 bridgehead atoms. The predicted octanol–water partition coefficient (Wildman–Crippen LogP) is 3.64. The number of anilines is 1. The molecule has 20 heavy (non-hydrogen) atoms. The van der Waals surface area contributed by atoms with E-state index in [0.29, 0.717) is 0 Å². The van der Waals surface area contributed by atoms with Crippen LogP contribution in [0.4, 0.5) is 15.8 Å². The third kappa shape index (κ3) is 2.75. The van der Waals surface area contributed by atoms with Gasteiger partial charge in [0.1, 0.15) is 10.8 Å². The first-order valence-corrected chi connectivity index (χ1v) is 5.87. The molecule has 0 fully saturated rings. The molecule has 7 heteroatoms. The van der Waals surface area contributed by atoms with Crippen LogP contribution in [0.3, 0.4) is 0 Å². The van der Waals surface area contributed by atoms with Gasteiger partial charge in [-0.1, -0.05) is 29.8 Å². The lowest BCUT2D eigenvalue weighted by Gasteiger charge is -2.07. The number of nitrogens with zero attached hydrogens (tertiary/aromatic N) is 1. The number of halogens is 2. The minimum atomic E-state index is -0.719. The van der Waals surface area contributed by atoms with Gasteiger partial charge in [-0.2, -0.15) is 0 Å². The molecule has 2 aromatic rings. The zero-order valence-corrected chi connectivity index (χ0v) is 10.7. The average molecular weight is 295 g/mol. The van der Waals surface area contributed by atoms with Crippen molar-refractivity contribution in [1.29, 1.82) is 0 Å². The van der Waals surface area contributed by atoms with Crippen LogP contribution in [-0.2, 0) is 0 Å². The monoisotopic (exact) mass is 294 g/mol. The maximum Gasteiger partial charge on any atom is 0.288 e. The summed E-state index contributed by atoms with van der Waals surface area (Å²) < 4.78 is 13.4. The van der Waals surface area contributed by atoms with Gasteiger partial charge >= 0.3 is 0 Å². The quantitative estimate of drug-likeness (QED) is 0.694. The van der Waals surface area contributed by atoms with Crippen molar-refractivity contribution in [2.75, 3.05) is 5.32 Å². The van der Waals surface area contributed by atoms with Crippen LogP contribution in [0.5, 0.6) is 0 Å². The van der Waals surface area contributed by atoms with E-state index in [0.717, 1.165) is 0 Å². The minimum absolute atomic E-state index is 0.0277. The van der Waals surface area contributed by atoms with E-state index in [1.165, 1.54) is 36.4 Å². The zero-order valence-electron chi connectivity index (χ0n) is 9.97. The van der Waals surface area contributed by atoms with Gasteiger partial charge in [-0.15, -0.1) is 0 Å². The molecule has 0 saturated heterocycles. The minimum Gasteiger partial charge on any atom is -0.319 e. The van der Waals surface area contributed by atoms with Crippen molar-refractivity contribution in [3.63, 3.8) is 0 Å². The van der Waals surface area contributed by atoms with Gasteiger partial charge in [-0.25, -0.2) is 4.39 Å². The Balaban J connectivity index is 2.33. The van der Waals surface area contributed by atoms with E-state index < -0.39 is 16.6 Å². The van der Waals surface area contributed by atoms with Crippen molar-refractivity contribution in [1.82, 2.24) is 0 Å². The Kier molecular flexibility index (Phi) is 3.95. The Labute approximate surface area is 118 Å². The lowest BCUT2D eigenvalue weighted by Crippen LogP contribution is -2.14. The van der Waals surface area contributed by atoms with Crippen molar-refractivity contribution in [3.8, 4) is 0 Å². The van der Waals surface area contributed by atoms with Gasteiger partial charge in [0, 0.05) is 6.07 Å². The Morgan fingerprint density at radius 2 is 1.90 bits per heavy atom. The van der Waals surface area contributed by atoms with E-state index in [1.54, 1.807) is 6.07 Å². The lowest BCUT2D eigenvalue weighted by molar-refractivity contribution is -0.384. The van der Waals surface area contributed by atoms with Gasteiger partial charge in [0.05, 0.1) is 16.2 Å². The number of carbonyl (C=O) groups excluding carboxylic acids is 1. The van der Waals surface area contributed by atoms with Crippen LogP contribution in [-0.4, -0.2) is 10.8 Å². The van der Waals surface area contributed by atoms with Gasteiger partial charge in [0.15, 0.2) is 0 Å². The largest absolute Gasteiger partial charge is 0.319 e. The second kappa shape index (κ2) is 5.66. The normalized spacial score (nSPS) is 10.1. The summed E-state index contributed by atoms with van der Waals surface area (Å²) in [5.74, 6) is -1.33. The van der Waals surface area contributed by atoms with Crippen LogP contribution in [0, 0.1) is 15.9 Å². The van der Waals surface area contributed by atoms with Crippen LogP contribution in [0.15, 0.2) is 42.5 Å². The molecule has 0 unspecified atom stereocenters. The number of benzene rings is 2. The van der Waals surface area contributed by atoms with E-state index in [1.807, 2.05) is 0 Å². The maximum absolute atomic E-state index is 13.4. The zero-order chi connectivity index (χ0) is 14.7. The topological polar surface area (TPSA) is 72.2 Å². The van der Waals surface area contributed by atoms with Crippen LogP contribution < -0.4 is 5.32 Å². The van der Waals surface area contributed by atoms with E-state index in [9.17, 15) is 19.3 Å². The van der Waals surface area contributed by atoms with Gasteiger partial charge in [0.2, 0.25) is 0 Å². The maximum atomic E-state index is 13.4. The standard InChI is InChI=1S/C13H8ClFN2O3/c14-12-8(4-3-7-11(12)17(19)20)13(18)16-10-6-2-1-5-9(10)15/h1-7H,(H,16,18). The highest BCUT2D eigenvalue weighted by Gasteiger charge is 2.20. The molecule has 2 rings (SSSR count). The summed E-state index contributed by atoms with van der Waals surface area (Å²) in [4.78, 5) is 22.0. The van der Waals surface area contributed by atoms with Gasteiger partial charge < -0.3 is 5.32 Å². The fourth-order valence-corrected chi connectivity index (χ4v) is 1.87. The Morgan fingerprint density at radius 1 is 1.20 bits per heavy atom. The summed E-state index contributed by atoms with van der Waals surface area (Å²) in [6.45, 7) is 0. The summed E-state index contributed by atoms with van der Waals surface area (Å²) in [5, 5.41) is 12.8. The number of nitro benzene ring substituents is 1. The number of carbonyl (C=O) groups is 1. The van der Waals surface area contributed by atoms with Crippen molar-refractivity contribution in [2.45, 2.75) is 0 Å². The van der Waals surface area contributed by atoms with Crippen LogP contribution in [0.1, 0.15) is 10.4 Å². The second-order valence-electron chi connectivity index (χ2n) is 3.83. The average Bonchev–Trinajstić information content (AvgIpc) is 2.41. The molecule has 1 N–H and O–H groups in total. The number of nitrogens with one attached hydrogen (secondary N) is 1. The number of nitro groups is 1. The SMILES string of the molecule is O=C(Nc1ccccc1F)c1cccc([N+](=O)[O-])c1Cl. The molecule has 0 aliphatic heterocycles. The van der Waals surface area contributed by atoms with Gasteiger partial charge in [0.25, 0.3) is 11.6 Å². The third-order valence-electron chi connectivity index (χ3n) is 2.54. The van der Waals surface area contributed by atoms with Crippen LogP contribution in [0.2, 0.25) is 5.02 Å². The number of amides is 1. The van der Waals surface area contributed by atoms with Crippen LogP contribution >= 0.6 is 11.6 Å². The molecule has 5 nitrogen and oxygen atoms in total. The molecule has 0 aliphatic rings. The Bertz CT molecular complexity index is 691. The van der Waals surface area contributed by atoms with E-state index in [4.69, 9.17) is 11.6 Å². The van der Waals surface area contributed by atoms with E-state index >= 15 is 0 Å². The Morgan fingerprint density at radius 3 is 2.55 bits per heavy atom. The van der Waals surface area contributed by atoms with Gasteiger partial charge in [-0.3, -0.25) is 14.9 Å². The molecule has 2 aromatic carbocycles. The summed E-state index contributed by atoms with van der Waals surface area (Å²) in [6.07, 6.45) is 0. The smallest absolute Gasteiger partial charge is 0.288 e. The molecule has 1 amide bonds. The highest BCUT2D eigenvalue weighted by Crippen LogP contribution is 2.28. The molecule has 0 spiro atoms. The summed E-state index contributed by atoms with van der Waals surface area (Å²) >= 11 is 5.81. The molecule has 0 saturated carbocycles. The summed E-state index contributed by atoms with van der Waals surface area (Å²) in [6, 6.07) is 9.43. The summed E-state index contributed by atoms with van der Waals surface area (Å²) in [7, 11) is 0. The van der Waals surface area contributed by atoms with Crippen molar-refractivity contribution < 1.29 is 14.1 Å². The molecule has 102 valence electrons. The second-order valence-corrected chi connectivity index (χ2v) is 4.21. The van der Waals surface area contributed by atoms with Gasteiger partial charge in [-0.05, 0) is 18.2 Å². The Hall–Kier alpha value is -2.47. The number of para-hydroxylation sites is 1. The molecule has 0 aromatic heterocycles. The first-order chi connectivity index (χ1) is 9.50. The number of hydrogen-bond donors (Lipinski definition) is 1. The first-order valence-electron chi connectivity index (χ1n) is 5.49. The van der Waals surface area contributed by atoms with Crippen molar-refractivity contribution in [2.24, 2.45) is 0 Å². The molecule has 0 atom stereocenters. The van der Waals surface area contributed by atoms with Crippen molar-refractivity contribution in [3.05, 3.63) is 69.0 Å². The fraction of sp³-hybridized carbons (Fsp3) is 0. The lowest BCUT2D eigenvalue weighted by atomic mass is 10.2. The molecular weight excluding hydrogens is 287 g/mol. The molecule has 0 aliphatic carbocycles. The third-order valence-corrected chi connectivity index (χ3v) is 2.94. The highest BCUT2D eigenvalue weighted by molar-refractivity contribution is 6.36. The van der Waals surface area contributed by atoms with E-state index in [-0.39, 0.29) is 22.0 Å². The molecular formula is C13H8ClFN2O3. The number of hydrogen-bond acceptors (Lipinski definition) is 3. The first kappa shape index (κ1) is 14.0. The fourth-order valence-electron chi connectivity index (χ4n) is 1.59. The van der Waals surface area contributed by atoms with Crippen LogP contribution in [0.25, 0.3) is 0 Å². The highest BCUT2D eigenvalue weighted by atomic mass is 35.5. The molecule has 0 radical (unpaired) electrons. The predicted molar refractivity (Wildman–Crippen MR) is 72.5 cm³/mol. The van der Waals surface area contributed by atoms with E-state index in [2.05, 4.69) is 5.32 Å². The number of rotatable bonds is 3. The van der Waals surface area contributed by atoms with Crippen molar-refractivity contribution >= 4 is 28.9 Å². The molecule has 0 heterocycles. The summed E-state index contributed by atoms with van der Waals surface area (Å²) in [5.41, 5.74) is -0.503.